The largest absolute Gasteiger partial charge is 0.477 e. The third-order valence-corrected chi connectivity index (χ3v) is 8.13. The summed E-state index contributed by atoms with van der Waals surface area (Å²) in [6.45, 7) is 1.90. The van der Waals surface area contributed by atoms with Gasteiger partial charge in [-0.25, -0.2) is 4.79 Å². The molecule has 4 atom stereocenters. The van der Waals surface area contributed by atoms with Crippen molar-refractivity contribution in [3.8, 4) is 0 Å². The first-order chi connectivity index (χ1) is 13.5. The van der Waals surface area contributed by atoms with Gasteiger partial charge in [-0.2, -0.15) is 0 Å². The summed E-state index contributed by atoms with van der Waals surface area (Å²) in [5, 5.41) is 9.82. The Morgan fingerprint density at radius 1 is 1.11 bits per heavy atom. The molecule has 0 bridgehead atoms. The van der Waals surface area contributed by atoms with Crippen LogP contribution in [0, 0.1) is 0 Å². The number of benzene rings is 2. The van der Waals surface area contributed by atoms with Crippen LogP contribution in [0.3, 0.4) is 0 Å². The Morgan fingerprint density at radius 3 is 2.36 bits per heavy atom. The van der Waals surface area contributed by atoms with Crippen LogP contribution < -0.4 is 0 Å². The van der Waals surface area contributed by atoms with Gasteiger partial charge in [0.2, 0.25) is 5.91 Å². The number of β-lactam (4-membered cyclic amide) rings is 1. The molecule has 4 unspecified atom stereocenters. The average Bonchev–Trinajstić information content (AvgIpc) is 3.46. The molecule has 28 heavy (non-hydrogen) atoms. The SMILES string of the molecule is CC1=C(C(=O)O)N2C(=O)CC2SC1C1(c2ccccc2)CC1c1ccccc1. The van der Waals surface area contributed by atoms with E-state index in [0.29, 0.717) is 12.3 Å². The summed E-state index contributed by atoms with van der Waals surface area (Å²) in [7, 11) is 0. The maximum atomic E-state index is 12.1. The van der Waals surface area contributed by atoms with Crippen LogP contribution >= 0.6 is 11.8 Å². The fraction of sp³-hybridized carbons (Fsp3) is 0.304. The lowest BCUT2D eigenvalue weighted by molar-refractivity contribution is -0.146. The normalized spacial score (nSPS) is 31.2. The summed E-state index contributed by atoms with van der Waals surface area (Å²) in [6, 6.07) is 20.9. The maximum Gasteiger partial charge on any atom is 0.352 e. The van der Waals surface area contributed by atoms with Crippen molar-refractivity contribution in [1.29, 1.82) is 0 Å². The van der Waals surface area contributed by atoms with Gasteiger partial charge in [-0.05, 0) is 36.0 Å². The highest BCUT2D eigenvalue weighted by molar-refractivity contribution is 8.00. The summed E-state index contributed by atoms with van der Waals surface area (Å²) in [6.07, 6.45) is 1.41. The number of hydrogen-bond acceptors (Lipinski definition) is 3. The van der Waals surface area contributed by atoms with Gasteiger partial charge < -0.3 is 5.11 Å². The molecule has 4 nitrogen and oxygen atoms in total. The van der Waals surface area contributed by atoms with Crippen LogP contribution in [0.5, 0.6) is 0 Å². The highest BCUT2D eigenvalue weighted by atomic mass is 32.2. The Bertz CT molecular complexity index is 987. The van der Waals surface area contributed by atoms with Gasteiger partial charge >= 0.3 is 5.97 Å². The number of nitrogens with zero attached hydrogens (tertiary/aromatic N) is 1. The van der Waals surface area contributed by atoms with Crippen LogP contribution in [0.1, 0.15) is 36.8 Å². The Labute approximate surface area is 168 Å². The number of carbonyl (C=O) groups is 2. The molecule has 1 amide bonds. The topological polar surface area (TPSA) is 57.6 Å². The number of rotatable bonds is 4. The second-order valence-electron chi connectivity index (χ2n) is 7.85. The minimum absolute atomic E-state index is 0.0422. The van der Waals surface area contributed by atoms with Crippen molar-refractivity contribution in [3.05, 3.63) is 83.1 Å². The van der Waals surface area contributed by atoms with Crippen LogP contribution in [-0.4, -0.2) is 32.5 Å². The number of carbonyl (C=O) groups excluding carboxylic acids is 1. The third-order valence-electron chi connectivity index (χ3n) is 6.39. The van der Waals surface area contributed by atoms with E-state index in [-0.39, 0.29) is 27.6 Å². The molecular weight excluding hydrogens is 370 g/mol. The molecule has 0 aromatic heterocycles. The first-order valence-corrected chi connectivity index (χ1v) is 10.5. The zero-order valence-electron chi connectivity index (χ0n) is 15.5. The molecule has 1 aliphatic carbocycles. The number of hydrogen-bond donors (Lipinski definition) is 1. The Kier molecular flexibility index (Phi) is 3.91. The van der Waals surface area contributed by atoms with Gasteiger partial charge in [-0.15, -0.1) is 11.8 Å². The summed E-state index contributed by atoms with van der Waals surface area (Å²) < 4.78 is 0. The second kappa shape index (κ2) is 6.24. The van der Waals surface area contributed by atoms with Crippen LogP contribution in [-0.2, 0) is 15.0 Å². The first-order valence-electron chi connectivity index (χ1n) is 9.56. The second-order valence-corrected chi connectivity index (χ2v) is 9.14. The standard InChI is InChI=1S/C23H21NO3S/c1-14-20(22(26)27)24-18(25)12-19(24)28-21(14)23(16-10-6-3-7-11-16)13-17(23)15-8-4-2-5-9-15/h2-11,17,19,21H,12-13H2,1H3,(H,26,27). The van der Waals surface area contributed by atoms with Crippen molar-refractivity contribution < 1.29 is 14.7 Å². The van der Waals surface area contributed by atoms with Crippen LogP contribution in [0.2, 0.25) is 0 Å². The quantitative estimate of drug-likeness (QED) is 0.796. The summed E-state index contributed by atoms with van der Waals surface area (Å²) in [5.41, 5.74) is 3.42. The predicted octanol–water partition coefficient (Wildman–Crippen LogP) is 4.14. The van der Waals surface area contributed by atoms with Gasteiger partial charge in [0.05, 0.1) is 11.8 Å². The van der Waals surface area contributed by atoms with E-state index < -0.39 is 5.97 Å². The molecule has 2 aromatic rings. The minimum atomic E-state index is -0.999. The zero-order chi connectivity index (χ0) is 19.5. The minimum Gasteiger partial charge on any atom is -0.477 e. The van der Waals surface area contributed by atoms with Gasteiger partial charge in [-0.3, -0.25) is 9.69 Å². The van der Waals surface area contributed by atoms with E-state index >= 15 is 0 Å². The lowest BCUT2D eigenvalue weighted by atomic mass is 9.83. The number of fused-ring (bicyclic) bond motifs is 1. The van der Waals surface area contributed by atoms with Crippen LogP contribution in [0.25, 0.3) is 0 Å². The van der Waals surface area contributed by atoms with Gasteiger partial charge in [0.15, 0.2) is 0 Å². The van der Waals surface area contributed by atoms with E-state index in [2.05, 4.69) is 48.5 Å². The lowest BCUT2D eigenvalue weighted by Crippen LogP contribution is -2.56. The molecule has 0 radical (unpaired) electrons. The van der Waals surface area contributed by atoms with Gasteiger partial charge in [0.25, 0.3) is 0 Å². The van der Waals surface area contributed by atoms with Crippen molar-refractivity contribution in [1.82, 2.24) is 4.90 Å². The van der Waals surface area contributed by atoms with E-state index in [4.69, 9.17) is 0 Å². The predicted molar refractivity (Wildman–Crippen MR) is 109 cm³/mol. The van der Waals surface area contributed by atoms with Crippen LogP contribution in [0.4, 0.5) is 0 Å². The highest BCUT2D eigenvalue weighted by Gasteiger charge is 2.64. The van der Waals surface area contributed by atoms with E-state index in [1.165, 1.54) is 16.0 Å². The molecule has 2 aliphatic heterocycles. The summed E-state index contributed by atoms with van der Waals surface area (Å²) >= 11 is 1.76. The Hall–Kier alpha value is -2.53. The van der Waals surface area contributed by atoms with E-state index in [9.17, 15) is 14.7 Å². The summed E-state index contributed by atoms with van der Waals surface area (Å²) in [5.74, 6) is -0.737. The van der Waals surface area contributed by atoms with Gasteiger partial charge in [0, 0.05) is 10.7 Å². The average molecular weight is 391 g/mol. The number of carboxylic acid groups (broad SMARTS) is 1. The number of aliphatic carboxylic acids is 1. The van der Waals surface area contributed by atoms with E-state index in [1.54, 1.807) is 11.8 Å². The Morgan fingerprint density at radius 2 is 1.75 bits per heavy atom. The van der Waals surface area contributed by atoms with E-state index in [1.807, 2.05) is 19.1 Å². The van der Waals surface area contributed by atoms with Crippen molar-refractivity contribution in [2.45, 2.75) is 41.7 Å². The van der Waals surface area contributed by atoms with Crippen LogP contribution in [0.15, 0.2) is 71.9 Å². The third kappa shape index (κ3) is 2.39. The number of thioether (sulfide) groups is 1. The number of carboxylic acids is 1. The molecule has 1 saturated carbocycles. The molecule has 5 heteroatoms. The molecular formula is C23H21NO3S. The first kappa shape index (κ1) is 17.6. The van der Waals surface area contributed by atoms with Crippen molar-refractivity contribution in [2.75, 3.05) is 0 Å². The molecule has 0 spiro atoms. The molecule has 5 rings (SSSR count). The number of amides is 1. The zero-order valence-corrected chi connectivity index (χ0v) is 16.4. The molecule has 2 fully saturated rings. The monoisotopic (exact) mass is 391 g/mol. The molecule has 142 valence electrons. The smallest absolute Gasteiger partial charge is 0.352 e. The molecule has 2 aromatic carbocycles. The van der Waals surface area contributed by atoms with Crippen molar-refractivity contribution in [2.24, 2.45) is 0 Å². The molecule has 1 N–H and O–H groups in total. The maximum absolute atomic E-state index is 12.1. The van der Waals surface area contributed by atoms with Gasteiger partial charge in [0.1, 0.15) is 5.70 Å². The highest BCUT2D eigenvalue weighted by Crippen LogP contribution is 2.68. The lowest BCUT2D eigenvalue weighted by Gasteiger charge is -2.48. The molecule has 3 aliphatic rings. The molecule has 1 saturated heterocycles. The van der Waals surface area contributed by atoms with E-state index in [0.717, 1.165) is 12.0 Å². The van der Waals surface area contributed by atoms with Gasteiger partial charge in [-0.1, -0.05) is 60.7 Å². The fourth-order valence-electron chi connectivity index (χ4n) is 5.01. The summed E-state index contributed by atoms with van der Waals surface area (Å²) in [4.78, 5) is 25.6. The van der Waals surface area contributed by atoms with Crippen molar-refractivity contribution in [3.63, 3.8) is 0 Å². The Balaban J connectivity index is 1.64. The van der Waals surface area contributed by atoms with Crippen molar-refractivity contribution >= 4 is 23.6 Å². The fourth-order valence-corrected chi connectivity index (χ4v) is 6.86. The molecule has 2 heterocycles.